The first-order valence-electron chi connectivity index (χ1n) is 10.8. The molecule has 1 fully saturated rings. The monoisotopic (exact) mass is 495 g/mol. The number of aromatic nitrogens is 2. The molecule has 0 radical (unpaired) electrons. The average molecular weight is 496 g/mol. The summed E-state index contributed by atoms with van der Waals surface area (Å²) in [4.78, 5) is 25.2. The van der Waals surface area contributed by atoms with Gasteiger partial charge in [-0.2, -0.15) is 13.2 Å². The van der Waals surface area contributed by atoms with Gasteiger partial charge in [0.25, 0.3) is 5.91 Å². The zero-order valence-corrected chi connectivity index (χ0v) is 19.5. The molecule has 1 aromatic heterocycles. The van der Waals surface area contributed by atoms with Gasteiger partial charge < -0.3 is 5.32 Å². The number of amides is 1. The van der Waals surface area contributed by atoms with Gasteiger partial charge >= 0.3 is 11.9 Å². The smallest absolute Gasteiger partial charge is 0.321 e. The molecule has 11 heteroatoms. The van der Waals surface area contributed by atoms with E-state index in [4.69, 9.17) is 0 Å². The number of imidazole rings is 1. The van der Waals surface area contributed by atoms with Crippen molar-refractivity contribution in [2.75, 3.05) is 5.32 Å². The molecule has 1 N–H and O–H groups in total. The lowest BCUT2D eigenvalue weighted by atomic mass is 10.0. The molecule has 0 saturated heterocycles. The highest BCUT2D eigenvalue weighted by Gasteiger charge is 2.36. The Hall–Kier alpha value is -3.08. The molecule has 0 spiro atoms. The van der Waals surface area contributed by atoms with Crippen molar-refractivity contribution in [3.63, 3.8) is 0 Å². The minimum atomic E-state index is -4.77. The van der Waals surface area contributed by atoms with E-state index in [0.29, 0.717) is 23.9 Å². The van der Waals surface area contributed by atoms with E-state index >= 15 is 0 Å². The third-order valence-electron chi connectivity index (χ3n) is 6.40. The molecular weight excluding hydrogens is 471 g/mol. The summed E-state index contributed by atoms with van der Waals surface area (Å²) >= 11 is 0. The van der Waals surface area contributed by atoms with Crippen LogP contribution in [0, 0.1) is 0 Å². The van der Waals surface area contributed by atoms with E-state index in [9.17, 15) is 31.2 Å². The van der Waals surface area contributed by atoms with Crippen molar-refractivity contribution in [2.24, 2.45) is 14.1 Å². The van der Waals surface area contributed by atoms with Crippen molar-refractivity contribution in [3.8, 4) is 0 Å². The van der Waals surface area contributed by atoms with Gasteiger partial charge in [-0.25, -0.2) is 13.2 Å². The second-order valence-corrected chi connectivity index (χ2v) is 10.7. The van der Waals surface area contributed by atoms with Crippen molar-refractivity contribution in [2.45, 2.75) is 48.4 Å². The molecule has 182 valence electrons. The predicted molar refractivity (Wildman–Crippen MR) is 122 cm³/mol. The van der Waals surface area contributed by atoms with Crippen LogP contribution in [0.25, 0.3) is 11.0 Å². The van der Waals surface area contributed by atoms with Crippen LogP contribution in [0.2, 0.25) is 0 Å². The van der Waals surface area contributed by atoms with E-state index in [-0.39, 0.29) is 10.6 Å². The number of halogens is 3. The number of nitrogens with zero attached hydrogens (tertiary/aromatic N) is 2. The number of benzene rings is 2. The van der Waals surface area contributed by atoms with Crippen molar-refractivity contribution in [3.05, 3.63) is 58.0 Å². The van der Waals surface area contributed by atoms with E-state index in [1.54, 1.807) is 0 Å². The maximum atomic E-state index is 13.6. The quantitative estimate of drug-likeness (QED) is 0.586. The summed E-state index contributed by atoms with van der Waals surface area (Å²) in [6, 6.07) is 6.95. The first-order valence-corrected chi connectivity index (χ1v) is 12.4. The number of anilines is 1. The molecule has 34 heavy (non-hydrogen) atoms. The Bertz CT molecular complexity index is 1430. The van der Waals surface area contributed by atoms with Gasteiger partial charge in [0.15, 0.2) is 9.84 Å². The first kappa shape index (κ1) is 24.1. The fraction of sp³-hybridized carbons (Fsp3) is 0.391. The van der Waals surface area contributed by atoms with Crippen LogP contribution >= 0.6 is 0 Å². The summed E-state index contributed by atoms with van der Waals surface area (Å²) in [6.45, 7) is 0. The minimum absolute atomic E-state index is 0.152. The SMILES string of the molecule is Cn1c(=O)n(C)c2cc(S(=O)(=O)C3CCCCC3)c(NC(=O)c3ccccc3C(F)(F)F)cc21. The van der Waals surface area contributed by atoms with E-state index in [0.717, 1.165) is 31.4 Å². The molecule has 0 unspecified atom stereocenters. The molecule has 0 atom stereocenters. The lowest BCUT2D eigenvalue weighted by Crippen LogP contribution is -2.26. The normalized spacial score (nSPS) is 15.6. The zero-order valence-electron chi connectivity index (χ0n) is 18.6. The predicted octanol–water partition coefficient (Wildman–Crippen LogP) is 4.25. The minimum Gasteiger partial charge on any atom is -0.321 e. The van der Waals surface area contributed by atoms with E-state index in [1.165, 1.54) is 47.5 Å². The number of rotatable bonds is 4. The molecule has 1 saturated carbocycles. The number of sulfone groups is 1. The molecule has 4 rings (SSSR count). The number of alkyl halides is 3. The third kappa shape index (κ3) is 4.13. The van der Waals surface area contributed by atoms with E-state index in [2.05, 4.69) is 5.32 Å². The molecule has 1 aliphatic carbocycles. The van der Waals surface area contributed by atoms with Gasteiger partial charge in [0.1, 0.15) is 0 Å². The Morgan fingerprint density at radius 3 is 2.21 bits per heavy atom. The Kier molecular flexibility index (Phi) is 6.09. The largest absolute Gasteiger partial charge is 0.417 e. The Morgan fingerprint density at radius 2 is 1.59 bits per heavy atom. The summed E-state index contributed by atoms with van der Waals surface area (Å²) in [5.41, 5.74) is -1.62. The Labute approximate surface area is 194 Å². The number of hydrogen-bond donors (Lipinski definition) is 1. The maximum absolute atomic E-state index is 13.6. The topological polar surface area (TPSA) is 90.2 Å². The van der Waals surface area contributed by atoms with Crippen LogP contribution in [0.4, 0.5) is 18.9 Å². The van der Waals surface area contributed by atoms with Crippen LogP contribution in [-0.2, 0) is 30.1 Å². The fourth-order valence-corrected chi connectivity index (χ4v) is 6.54. The molecule has 0 bridgehead atoms. The van der Waals surface area contributed by atoms with Gasteiger partial charge in [0, 0.05) is 14.1 Å². The standard InChI is InChI=1S/C23H24F3N3O4S/c1-28-18-12-17(27-21(30)15-10-6-7-11-16(15)23(24,25)26)20(13-19(18)29(2)22(28)31)34(32,33)14-8-4-3-5-9-14/h6-7,10-14H,3-5,8-9H2,1-2H3,(H,27,30). The van der Waals surface area contributed by atoms with Gasteiger partial charge in [-0.15, -0.1) is 0 Å². The summed E-state index contributed by atoms with van der Waals surface area (Å²) in [7, 11) is -0.942. The van der Waals surface area contributed by atoms with Crippen molar-refractivity contribution in [1.82, 2.24) is 9.13 Å². The van der Waals surface area contributed by atoms with Gasteiger partial charge in [0.2, 0.25) is 0 Å². The fourth-order valence-electron chi connectivity index (χ4n) is 4.53. The number of hydrogen-bond acceptors (Lipinski definition) is 4. The van der Waals surface area contributed by atoms with Crippen LogP contribution in [0.15, 0.2) is 46.1 Å². The molecule has 1 amide bonds. The lowest BCUT2D eigenvalue weighted by molar-refractivity contribution is -0.137. The summed E-state index contributed by atoms with van der Waals surface area (Å²) in [5, 5.41) is 1.72. The van der Waals surface area contributed by atoms with Gasteiger partial charge in [-0.1, -0.05) is 31.4 Å². The molecule has 1 aliphatic rings. The number of carbonyl (C=O) groups excluding carboxylic acids is 1. The number of aryl methyl sites for hydroxylation is 2. The number of carbonyl (C=O) groups is 1. The van der Waals surface area contributed by atoms with Gasteiger partial charge in [-0.3, -0.25) is 13.9 Å². The lowest BCUT2D eigenvalue weighted by Gasteiger charge is -2.23. The number of nitrogens with one attached hydrogen (secondary N) is 1. The highest BCUT2D eigenvalue weighted by Crippen LogP contribution is 2.36. The van der Waals surface area contributed by atoms with Crippen LogP contribution in [0.5, 0.6) is 0 Å². The van der Waals surface area contributed by atoms with Crippen LogP contribution < -0.4 is 11.0 Å². The maximum Gasteiger partial charge on any atom is 0.417 e. The third-order valence-corrected chi connectivity index (χ3v) is 8.70. The molecule has 2 aromatic carbocycles. The van der Waals surface area contributed by atoms with Crippen LogP contribution in [0.1, 0.15) is 48.0 Å². The zero-order chi connectivity index (χ0) is 24.8. The summed E-state index contributed by atoms with van der Waals surface area (Å²) in [5.74, 6) is -1.09. The Morgan fingerprint density at radius 1 is 1.00 bits per heavy atom. The van der Waals surface area contributed by atoms with Crippen molar-refractivity contribution < 1.29 is 26.4 Å². The second-order valence-electron chi connectivity index (χ2n) is 8.54. The van der Waals surface area contributed by atoms with Crippen molar-refractivity contribution >= 4 is 32.5 Å². The number of fused-ring (bicyclic) bond motifs is 1. The molecule has 3 aromatic rings. The summed E-state index contributed by atoms with van der Waals surface area (Å²) in [6.07, 6.45) is -1.43. The molecule has 1 heterocycles. The molecule has 7 nitrogen and oxygen atoms in total. The van der Waals surface area contributed by atoms with Crippen molar-refractivity contribution in [1.29, 1.82) is 0 Å². The first-order chi connectivity index (χ1) is 15.9. The van der Waals surface area contributed by atoms with E-state index in [1.807, 2.05) is 0 Å². The molecular formula is C23H24F3N3O4S. The van der Waals surface area contributed by atoms with E-state index < -0.39 is 44.0 Å². The van der Waals surface area contributed by atoms with Gasteiger partial charge in [0.05, 0.1) is 38.0 Å². The highest BCUT2D eigenvalue weighted by atomic mass is 32.2. The molecule has 0 aliphatic heterocycles. The second kappa shape index (κ2) is 8.61. The summed E-state index contributed by atoms with van der Waals surface area (Å²) < 4.78 is 70.1. The highest BCUT2D eigenvalue weighted by molar-refractivity contribution is 7.92. The van der Waals surface area contributed by atoms with Crippen LogP contribution in [0.3, 0.4) is 0 Å². The van der Waals surface area contributed by atoms with Crippen LogP contribution in [-0.4, -0.2) is 28.7 Å². The van der Waals surface area contributed by atoms with Gasteiger partial charge in [-0.05, 0) is 37.1 Å². The average Bonchev–Trinajstić information content (AvgIpc) is 3.02. The Balaban J connectivity index is 1.88.